The molecule has 3 rings (SSSR count). The Morgan fingerprint density at radius 1 is 1.12 bits per heavy atom. The van der Waals surface area contributed by atoms with Crippen molar-refractivity contribution in [2.45, 2.75) is 64.0 Å². The highest BCUT2D eigenvalue weighted by Gasteiger charge is 2.51. The van der Waals surface area contributed by atoms with E-state index in [0.29, 0.717) is 19.1 Å². The number of benzene rings is 1. The van der Waals surface area contributed by atoms with Gasteiger partial charge in [-0.2, -0.15) is 0 Å². The number of rotatable bonds is 5. The highest BCUT2D eigenvalue weighted by atomic mass is 16.2. The van der Waals surface area contributed by atoms with E-state index >= 15 is 0 Å². The standard InChI is InChI=1S/C20H29N3O2/c1-15(2)17-9-7-16(8-10-17)13-22(3)14-23-18(24)20(21-19(23)25)11-5-4-6-12-20/h7-10,15H,4-6,11-14H2,1-3H3,(H,21,25). The summed E-state index contributed by atoms with van der Waals surface area (Å²) < 4.78 is 0. The first-order valence-corrected chi connectivity index (χ1v) is 9.33. The van der Waals surface area contributed by atoms with Gasteiger partial charge in [-0.1, -0.05) is 57.4 Å². The smallest absolute Gasteiger partial charge is 0.323 e. The highest BCUT2D eigenvalue weighted by Crippen LogP contribution is 2.33. The molecule has 1 aromatic carbocycles. The molecule has 1 aliphatic carbocycles. The minimum absolute atomic E-state index is 0.0424. The third-order valence-corrected chi connectivity index (χ3v) is 5.43. The molecule has 5 heteroatoms. The van der Waals surface area contributed by atoms with Crippen molar-refractivity contribution in [1.82, 2.24) is 15.1 Å². The lowest BCUT2D eigenvalue weighted by Gasteiger charge is -2.31. The molecule has 136 valence electrons. The summed E-state index contributed by atoms with van der Waals surface area (Å²) in [6, 6.07) is 8.31. The van der Waals surface area contributed by atoms with Crippen molar-refractivity contribution in [3.05, 3.63) is 35.4 Å². The van der Waals surface area contributed by atoms with Crippen LogP contribution in [0.2, 0.25) is 0 Å². The number of hydrogen-bond donors (Lipinski definition) is 1. The molecule has 1 heterocycles. The maximum atomic E-state index is 12.8. The Bertz CT molecular complexity index is 633. The predicted molar refractivity (Wildman–Crippen MR) is 98.1 cm³/mol. The zero-order valence-electron chi connectivity index (χ0n) is 15.5. The van der Waals surface area contributed by atoms with Crippen molar-refractivity contribution in [3.63, 3.8) is 0 Å². The van der Waals surface area contributed by atoms with Crippen LogP contribution in [0.1, 0.15) is 63.0 Å². The van der Waals surface area contributed by atoms with Gasteiger partial charge in [-0.3, -0.25) is 9.69 Å². The summed E-state index contributed by atoms with van der Waals surface area (Å²) in [7, 11) is 1.95. The van der Waals surface area contributed by atoms with Crippen LogP contribution in [-0.4, -0.2) is 41.0 Å². The fraction of sp³-hybridized carbons (Fsp3) is 0.600. The summed E-state index contributed by atoms with van der Waals surface area (Å²) in [5.41, 5.74) is 1.88. The van der Waals surface area contributed by atoms with Crippen LogP contribution in [0.3, 0.4) is 0 Å². The lowest BCUT2D eigenvalue weighted by atomic mass is 9.82. The Morgan fingerprint density at radius 2 is 1.76 bits per heavy atom. The fourth-order valence-electron chi connectivity index (χ4n) is 3.91. The minimum atomic E-state index is -0.630. The van der Waals surface area contributed by atoms with Gasteiger partial charge in [-0.15, -0.1) is 0 Å². The van der Waals surface area contributed by atoms with Crippen molar-refractivity contribution in [2.75, 3.05) is 13.7 Å². The molecular formula is C20H29N3O2. The molecule has 3 amide bonds. The summed E-state index contributed by atoms with van der Waals surface area (Å²) >= 11 is 0. The molecule has 1 N–H and O–H groups in total. The van der Waals surface area contributed by atoms with E-state index in [9.17, 15) is 9.59 Å². The maximum Gasteiger partial charge on any atom is 0.326 e. The zero-order chi connectivity index (χ0) is 18.0. The SMILES string of the molecule is CC(C)c1ccc(CN(C)CN2C(=O)NC3(CCCCC3)C2=O)cc1. The summed E-state index contributed by atoms with van der Waals surface area (Å²) in [5, 5.41) is 2.97. The molecule has 0 aromatic heterocycles. The van der Waals surface area contributed by atoms with E-state index in [-0.39, 0.29) is 11.9 Å². The number of nitrogens with zero attached hydrogens (tertiary/aromatic N) is 2. The first-order valence-electron chi connectivity index (χ1n) is 9.33. The molecule has 1 aliphatic heterocycles. The lowest BCUT2D eigenvalue weighted by molar-refractivity contribution is -0.133. The van der Waals surface area contributed by atoms with Gasteiger partial charge in [0, 0.05) is 6.54 Å². The van der Waals surface area contributed by atoms with Crippen LogP contribution in [0.5, 0.6) is 0 Å². The van der Waals surface area contributed by atoms with Gasteiger partial charge in [0.2, 0.25) is 0 Å². The van der Waals surface area contributed by atoms with E-state index in [1.165, 1.54) is 16.0 Å². The van der Waals surface area contributed by atoms with Gasteiger partial charge in [0.25, 0.3) is 5.91 Å². The summed E-state index contributed by atoms with van der Waals surface area (Å²) in [5.74, 6) is 0.476. The van der Waals surface area contributed by atoms with Crippen LogP contribution in [-0.2, 0) is 11.3 Å². The molecule has 1 saturated carbocycles. The van der Waals surface area contributed by atoms with Crippen molar-refractivity contribution >= 4 is 11.9 Å². The van der Waals surface area contributed by atoms with Crippen molar-refractivity contribution in [1.29, 1.82) is 0 Å². The van der Waals surface area contributed by atoms with Gasteiger partial charge >= 0.3 is 6.03 Å². The molecule has 0 unspecified atom stereocenters. The topological polar surface area (TPSA) is 52.6 Å². The summed E-state index contributed by atoms with van der Waals surface area (Å²) in [6.07, 6.45) is 4.72. The second-order valence-corrected chi connectivity index (χ2v) is 7.86. The Labute approximate surface area is 150 Å². The van der Waals surface area contributed by atoms with Crippen LogP contribution in [0, 0.1) is 0 Å². The molecule has 5 nitrogen and oxygen atoms in total. The van der Waals surface area contributed by atoms with Crippen LogP contribution in [0.15, 0.2) is 24.3 Å². The van der Waals surface area contributed by atoms with Gasteiger partial charge in [0.1, 0.15) is 5.54 Å². The Kier molecular flexibility index (Phi) is 5.13. The second kappa shape index (κ2) is 7.16. The number of nitrogens with one attached hydrogen (secondary N) is 1. The molecule has 2 fully saturated rings. The number of hydrogen-bond acceptors (Lipinski definition) is 3. The largest absolute Gasteiger partial charge is 0.326 e. The molecule has 1 saturated heterocycles. The first-order chi connectivity index (χ1) is 11.9. The minimum Gasteiger partial charge on any atom is -0.323 e. The van der Waals surface area contributed by atoms with Gasteiger partial charge in [-0.05, 0) is 36.9 Å². The van der Waals surface area contributed by atoms with Crippen molar-refractivity contribution in [2.24, 2.45) is 0 Å². The van der Waals surface area contributed by atoms with E-state index < -0.39 is 5.54 Å². The summed E-state index contributed by atoms with van der Waals surface area (Å²) in [6.45, 7) is 5.40. The third kappa shape index (κ3) is 3.71. The predicted octanol–water partition coefficient (Wildman–Crippen LogP) is 3.45. The molecular weight excluding hydrogens is 314 g/mol. The molecule has 1 spiro atoms. The van der Waals surface area contributed by atoms with Gasteiger partial charge in [0.05, 0.1) is 6.67 Å². The van der Waals surface area contributed by atoms with Crippen LogP contribution in [0.4, 0.5) is 4.79 Å². The number of amides is 3. The number of imide groups is 1. The third-order valence-electron chi connectivity index (χ3n) is 5.43. The lowest BCUT2D eigenvalue weighted by Crippen LogP contribution is -2.48. The van der Waals surface area contributed by atoms with E-state index in [1.807, 2.05) is 11.9 Å². The zero-order valence-corrected chi connectivity index (χ0v) is 15.5. The highest BCUT2D eigenvalue weighted by molar-refractivity contribution is 6.07. The van der Waals surface area contributed by atoms with E-state index in [1.54, 1.807) is 0 Å². The molecule has 0 atom stereocenters. The molecule has 25 heavy (non-hydrogen) atoms. The monoisotopic (exact) mass is 343 g/mol. The summed E-state index contributed by atoms with van der Waals surface area (Å²) in [4.78, 5) is 28.5. The first kappa shape index (κ1) is 17.9. The number of urea groups is 1. The Balaban J connectivity index is 1.61. The van der Waals surface area contributed by atoms with Crippen LogP contribution >= 0.6 is 0 Å². The average Bonchev–Trinajstić information content (AvgIpc) is 2.80. The Hall–Kier alpha value is -1.88. The van der Waals surface area contributed by atoms with Gasteiger partial charge < -0.3 is 5.32 Å². The molecule has 0 radical (unpaired) electrons. The van der Waals surface area contributed by atoms with Crippen LogP contribution in [0.25, 0.3) is 0 Å². The fourth-order valence-corrected chi connectivity index (χ4v) is 3.91. The normalized spacial score (nSPS) is 20.0. The van der Waals surface area contributed by atoms with Crippen LogP contribution < -0.4 is 5.32 Å². The maximum absolute atomic E-state index is 12.8. The number of carbonyl (C=O) groups excluding carboxylic acids is 2. The second-order valence-electron chi connectivity index (χ2n) is 7.86. The molecule has 0 bridgehead atoms. The van der Waals surface area contributed by atoms with E-state index in [2.05, 4.69) is 43.4 Å². The van der Waals surface area contributed by atoms with Crippen molar-refractivity contribution in [3.8, 4) is 0 Å². The number of carbonyl (C=O) groups is 2. The van der Waals surface area contributed by atoms with Gasteiger partial charge in [-0.25, -0.2) is 9.69 Å². The average molecular weight is 343 g/mol. The van der Waals surface area contributed by atoms with E-state index in [0.717, 1.165) is 32.1 Å². The van der Waals surface area contributed by atoms with Crippen molar-refractivity contribution < 1.29 is 9.59 Å². The molecule has 1 aromatic rings. The molecule has 2 aliphatic rings. The quantitative estimate of drug-likeness (QED) is 0.833. The van der Waals surface area contributed by atoms with Gasteiger partial charge in [0.15, 0.2) is 0 Å². The Morgan fingerprint density at radius 3 is 2.36 bits per heavy atom. The van der Waals surface area contributed by atoms with E-state index in [4.69, 9.17) is 0 Å².